The van der Waals surface area contributed by atoms with Crippen molar-refractivity contribution in [2.24, 2.45) is 0 Å². The lowest BCUT2D eigenvalue weighted by Crippen LogP contribution is -2.28. The van der Waals surface area contributed by atoms with Gasteiger partial charge in [-0.3, -0.25) is 4.98 Å². The van der Waals surface area contributed by atoms with Gasteiger partial charge in [-0.05, 0) is 82.7 Å². The van der Waals surface area contributed by atoms with Gasteiger partial charge in [0.25, 0.3) is 0 Å². The van der Waals surface area contributed by atoms with Gasteiger partial charge in [-0.15, -0.1) is 11.3 Å². The summed E-state index contributed by atoms with van der Waals surface area (Å²) in [5, 5.41) is 6.27. The molecule has 4 aromatic rings. The quantitative estimate of drug-likeness (QED) is 0.298. The summed E-state index contributed by atoms with van der Waals surface area (Å²) in [4.78, 5) is 7.96. The van der Waals surface area contributed by atoms with E-state index in [1.165, 1.54) is 4.88 Å². The molecule has 2 atom stereocenters. The predicted octanol–water partition coefficient (Wildman–Crippen LogP) is 6.88. The molecule has 0 amide bonds. The molecule has 0 spiro atoms. The maximum Gasteiger partial charge on any atom is 0.174 e. The van der Waals surface area contributed by atoms with Gasteiger partial charge in [-0.25, -0.2) is 0 Å². The van der Waals surface area contributed by atoms with E-state index in [0.717, 1.165) is 27.4 Å². The number of hydrogen-bond donors (Lipinski definition) is 1. The first-order valence-electron chi connectivity index (χ1n) is 9.76. The zero-order valence-electron chi connectivity index (χ0n) is 16.3. The average molecular weight is 508 g/mol. The zero-order chi connectivity index (χ0) is 21.2. The van der Waals surface area contributed by atoms with Gasteiger partial charge in [0.05, 0.1) is 17.8 Å². The Kier molecular flexibility index (Phi) is 5.72. The molecule has 1 fully saturated rings. The number of rotatable bonds is 5. The molecule has 0 bridgehead atoms. The molecule has 7 heteroatoms. The molecule has 1 aliphatic rings. The number of nitrogens with zero attached hydrogens (tertiary/aromatic N) is 2. The van der Waals surface area contributed by atoms with Gasteiger partial charge in [0.15, 0.2) is 5.11 Å². The number of halogens is 1. The van der Waals surface area contributed by atoms with Gasteiger partial charge in [-0.2, -0.15) is 0 Å². The summed E-state index contributed by atoms with van der Waals surface area (Å²) >= 11 is 11.1. The number of thiocarbonyl (C=S) groups is 1. The van der Waals surface area contributed by atoms with Crippen molar-refractivity contribution in [2.45, 2.75) is 12.1 Å². The van der Waals surface area contributed by atoms with Crippen LogP contribution in [0.5, 0.6) is 11.5 Å². The molecule has 0 unspecified atom stereocenters. The Balaban J connectivity index is 1.48. The van der Waals surface area contributed by atoms with Crippen molar-refractivity contribution in [3.8, 4) is 11.5 Å². The number of thiophene rings is 1. The number of ether oxygens (including phenoxy) is 1. The Labute approximate surface area is 198 Å². The van der Waals surface area contributed by atoms with Crippen LogP contribution in [-0.2, 0) is 0 Å². The number of para-hydroxylation sites is 1. The van der Waals surface area contributed by atoms with Crippen LogP contribution in [0.2, 0.25) is 0 Å². The Hall–Kier alpha value is -2.74. The summed E-state index contributed by atoms with van der Waals surface area (Å²) in [6, 6.07) is 25.9. The maximum atomic E-state index is 5.95. The summed E-state index contributed by atoms with van der Waals surface area (Å²) < 4.78 is 7.01. The molecule has 3 heterocycles. The Morgan fingerprint density at radius 1 is 0.968 bits per heavy atom. The van der Waals surface area contributed by atoms with E-state index in [1.807, 2.05) is 79.0 Å². The molecule has 1 aliphatic heterocycles. The second-order valence-electron chi connectivity index (χ2n) is 7.07. The molecule has 31 heavy (non-hydrogen) atoms. The van der Waals surface area contributed by atoms with E-state index in [-0.39, 0.29) is 12.1 Å². The number of hydrogen-bond acceptors (Lipinski definition) is 4. The van der Waals surface area contributed by atoms with E-state index in [9.17, 15) is 0 Å². The summed E-state index contributed by atoms with van der Waals surface area (Å²) in [6.45, 7) is 0. The van der Waals surface area contributed by atoms with E-state index in [4.69, 9.17) is 17.0 Å². The highest BCUT2D eigenvalue weighted by Crippen LogP contribution is 2.44. The van der Waals surface area contributed by atoms with Gasteiger partial charge in [-0.1, -0.05) is 24.3 Å². The SMILES string of the molecule is S=C1N[C@H](c2ccccn2)[C@H](c2cc(Br)cs2)N1c1ccc(Oc2ccccc2)cc1. The standard InChI is InChI=1S/C24H18BrN3OS2/c25-16-14-21(31-15-16)23-22(20-8-4-5-13-26-20)27-24(30)28(23)17-9-11-19(12-10-17)29-18-6-2-1-3-7-18/h1-15,22-23H,(H,27,30)/t22-,23+/m1/s1. The van der Waals surface area contributed by atoms with Gasteiger partial charge < -0.3 is 15.0 Å². The van der Waals surface area contributed by atoms with Crippen LogP contribution in [0.3, 0.4) is 0 Å². The number of anilines is 1. The number of aromatic nitrogens is 1. The monoisotopic (exact) mass is 507 g/mol. The van der Waals surface area contributed by atoms with Crippen molar-refractivity contribution in [3.05, 3.63) is 105 Å². The van der Waals surface area contributed by atoms with Crippen LogP contribution >= 0.6 is 39.5 Å². The van der Waals surface area contributed by atoms with E-state index in [1.54, 1.807) is 11.3 Å². The fourth-order valence-corrected chi connectivity index (χ4v) is 5.62. The van der Waals surface area contributed by atoms with Crippen molar-refractivity contribution >= 4 is 50.3 Å². The molecule has 4 nitrogen and oxygen atoms in total. The molecule has 5 rings (SSSR count). The molecular weight excluding hydrogens is 490 g/mol. The normalized spacial score (nSPS) is 18.1. The molecule has 0 radical (unpaired) electrons. The molecule has 0 aliphatic carbocycles. The fourth-order valence-electron chi connectivity index (χ4n) is 3.70. The first-order valence-corrected chi connectivity index (χ1v) is 11.8. The molecule has 1 saturated heterocycles. The molecule has 2 aromatic heterocycles. The number of nitrogens with one attached hydrogen (secondary N) is 1. The van der Waals surface area contributed by atoms with Crippen LogP contribution in [0.15, 0.2) is 94.9 Å². The minimum atomic E-state index is -0.0421. The summed E-state index contributed by atoms with van der Waals surface area (Å²) in [5.74, 6) is 1.59. The maximum absolute atomic E-state index is 5.95. The predicted molar refractivity (Wildman–Crippen MR) is 133 cm³/mol. The third-order valence-corrected chi connectivity index (χ3v) is 7.15. The summed E-state index contributed by atoms with van der Waals surface area (Å²) in [5.41, 5.74) is 1.97. The van der Waals surface area contributed by atoms with Crippen molar-refractivity contribution in [2.75, 3.05) is 4.90 Å². The van der Waals surface area contributed by atoms with Crippen molar-refractivity contribution in [1.82, 2.24) is 10.3 Å². The first-order chi connectivity index (χ1) is 15.2. The minimum absolute atomic E-state index is 0.000378. The van der Waals surface area contributed by atoms with Gasteiger partial charge in [0.1, 0.15) is 11.5 Å². The second-order valence-corrected chi connectivity index (χ2v) is 9.32. The van der Waals surface area contributed by atoms with Crippen LogP contribution in [0, 0.1) is 0 Å². The Morgan fingerprint density at radius 3 is 2.39 bits per heavy atom. The lowest BCUT2D eigenvalue weighted by atomic mass is 10.0. The van der Waals surface area contributed by atoms with E-state index in [2.05, 4.69) is 42.6 Å². The zero-order valence-corrected chi connectivity index (χ0v) is 19.5. The van der Waals surface area contributed by atoms with Crippen LogP contribution < -0.4 is 15.0 Å². The number of benzene rings is 2. The molecule has 154 valence electrons. The first kappa shape index (κ1) is 20.2. The van der Waals surface area contributed by atoms with Crippen molar-refractivity contribution in [1.29, 1.82) is 0 Å². The van der Waals surface area contributed by atoms with Crippen LogP contribution in [0.1, 0.15) is 22.7 Å². The highest BCUT2D eigenvalue weighted by molar-refractivity contribution is 9.10. The van der Waals surface area contributed by atoms with Crippen molar-refractivity contribution in [3.63, 3.8) is 0 Å². The second kappa shape index (κ2) is 8.78. The van der Waals surface area contributed by atoms with E-state index in [0.29, 0.717) is 5.11 Å². The molecular formula is C24H18BrN3OS2. The number of pyridine rings is 1. The molecule has 1 N–H and O–H groups in total. The smallest absolute Gasteiger partial charge is 0.174 e. The Morgan fingerprint density at radius 2 is 1.71 bits per heavy atom. The Bertz CT molecular complexity index is 1180. The van der Waals surface area contributed by atoms with E-state index < -0.39 is 0 Å². The minimum Gasteiger partial charge on any atom is -0.457 e. The molecule has 2 aromatic carbocycles. The van der Waals surface area contributed by atoms with E-state index >= 15 is 0 Å². The van der Waals surface area contributed by atoms with Crippen LogP contribution in [-0.4, -0.2) is 10.1 Å². The lowest BCUT2D eigenvalue weighted by molar-refractivity contribution is 0.482. The lowest BCUT2D eigenvalue weighted by Gasteiger charge is -2.27. The summed E-state index contributed by atoms with van der Waals surface area (Å²) in [6.07, 6.45) is 1.82. The third-order valence-electron chi connectivity index (χ3n) is 5.07. The van der Waals surface area contributed by atoms with Gasteiger partial charge in [0.2, 0.25) is 0 Å². The largest absolute Gasteiger partial charge is 0.457 e. The summed E-state index contributed by atoms with van der Waals surface area (Å²) in [7, 11) is 0. The third kappa shape index (κ3) is 4.21. The molecule has 0 saturated carbocycles. The van der Waals surface area contributed by atoms with Gasteiger partial charge in [0, 0.05) is 26.6 Å². The average Bonchev–Trinajstić information content (AvgIpc) is 3.38. The highest BCUT2D eigenvalue weighted by Gasteiger charge is 2.41. The van der Waals surface area contributed by atoms with Crippen LogP contribution in [0.25, 0.3) is 0 Å². The highest BCUT2D eigenvalue weighted by atomic mass is 79.9. The van der Waals surface area contributed by atoms with Crippen molar-refractivity contribution < 1.29 is 4.74 Å². The topological polar surface area (TPSA) is 37.4 Å². The van der Waals surface area contributed by atoms with Crippen LogP contribution in [0.4, 0.5) is 5.69 Å². The fraction of sp³-hybridized carbons (Fsp3) is 0.0833. The van der Waals surface area contributed by atoms with Gasteiger partial charge >= 0.3 is 0 Å².